The van der Waals surface area contributed by atoms with E-state index in [9.17, 15) is 27.6 Å². The number of carbonyl (C=O) groups excluding carboxylic acids is 4. The topological polar surface area (TPSA) is 189 Å². The van der Waals surface area contributed by atoms with Crippen LogP contribution in [0.25, 0.3) is 0 Å². The molecule has 264 valence electrons. The number of rotatable bonds is 12. The molecule has 0 spiro atoms. The predicted octanol–water partition coefficient (Wildman–Crippen LogP) is 3.58. The van der Waals surface area contributed by atoms with Gasteiger partial charge in [0.1, 0.15) is 11.4 Å². The number of halogens is 2. The fourth-order valence-electron chi connectivity index (χ4n) is 4.99. The van der Waals surface area contributed by atoms with Crippen molar-refractivity contribution in [1.82, 2.24) is 20.9 Å². The van der Waals surface area contributed by atoms with Crippen LogP contribution in [0.15, 0.2) is 87.4 Å². The second-order valence-corrected chi connectivity index (χ2v) is 13.5. The molecule has 0 aliphatic carbocycles. The smallest absolute Gasteiger partial charge is 0.282 e. The second-order valence-electron chi connectivity index (χ2n) is 11.0. The third-order valence-electron chi connectivity index (χ3n) is 7.71. The number of sulfonamides is 1. The number of nitrogens with zero attached hydrogens (tertiary/aromatic N) is 2. The zero-order valence-corrected chi connectivity index (χ0v) is 29.4. The van der Waals surface area contributed by atoms with Crippen LogP contribution in [0.2, 0.25) is 10.0 Å². The number of benzene rings is 3. The summed E-state index contributed by atoms with van der Waals surface area (Å²) in [6.45, 7) is 2.01. The monoisotopic (exact) mass is 742 g/mol. The Morgan fingerprint density at radius 1 is 1.00 bits per heavy atom. The number of nitrogens with one attached hydrogen (secondary N) is 3. The molecule has 5 rings (SSSR count). The molecule has 3 aromatic rings. The molecule has 3 aromatic carbocycles. The third kappa shape index (κ3) is 9.69. The molecule has 0 unspecified atom stereocenters. The van der Waals surface area contributed by atoms with Gasteiger partial charge in [-0.3, -0.25) is 24.1 Å². The molecule has 2 aliphatic rings. The van der Waals surface area contributed by atoms with E-state index in [1.165, 1.54) is 36.2 Å². The van der Waals surface area contributed by atoms with Gasteiger partial charge in [-0.1, -0.05) is 41.4 Å². The Kier molecular flexibility index (Phi) is 13.5. The van der Waals surface area contributed by atoms with E-state index in [-0.39, 0.29) is 47.3 Å². The summed E-state index contributed by atoms with van der Waals surface area (Å²) in [6, 6.07) is 17.3. The van der Waals surface area contributed by atoms with Crippen LogP contribution in [0.1, 0.15) is 50.3 Å². The first kappa shape index (κ1) is 38.0. The summed E-state index contributed by atoms with van der Waals surface area (Å²) in [5, 5.41) is 9.56. The average molecular weight is 744 g/mol. The van der Waals surface area contributed by atoms with E-state index in [0.717, 1.165) is 32.1 Å². The highest BCUT2D eigenvalue weighted by Crippen LogP contribution is 2.23. The maximum Gasteiger partial charge on any atom is 0.282 e. The summed E-state index contributed by atoms with van der Waals surface area (Å²) in [5.41, 5.74) is 7.02. The molecule has 2 aliphatic heterocycles. The van der Waals surface area contributed by atoms with Crippen molar-refractivity contribution in [2.24, 2.45) is 10.1 Å². The molecular formula is C34H36Cl2N6O7S. The summed E-state index contributed by atoms with van der Waals surface area (Å²) in [5.74, 6) is -0.725. The van der Waals surface area contributed by atoms with E-state index in [0.29, 0.717) is 45.2 Å². The van der Waals surface area contributed by atoms with E-state index in [2.05, 4.69) is 20.3 Å². The minimum Gasteiger partial charge on any atom is -0.494 e. The molecular weight excluding hydrogens is 707 g/mol. The average Bonchev–Trinajstić information content (AvgIpc) is 3.36. The van der Waals surface area contributed by atoms with Crippen molar-refractivity contribution < 1.29 is 32.3 Å². The summed E-state index contributed by atoms with van der Waals surface area (Å²) in [7, 11) is -2.57. The highest BCUT2D eigenvalue weighted by molar-refractivity contribution is 7.90. The van der Waals surface area contributed by atoms with Gasteiger partial charge in [-0.05, 0) is 80.9 Å². The normalized spacial score (nSPS) is 15.1. The molecule has 0 bridgehead atoms. The SMILES string of the molecule is CNC(/C=N/S(=O)(=O)c1ccc(OCCCN2C(=O)c3ccccc3C2=O)cc1)=C(/N)C(=O)NC1CCNCC1.O=Cc1c(Cl)cccc1Cl. The summed E-state index contributed by atoms with van der Waals surface area (Å²) in [4.78, 5) is 48.8. The lowest BCUT2D eigenvalue weighted by Crippen LogP contribution is -2.44. The van der Waals surface area contributed by atoms with Crippen molar-refractivity contribution in [3.8, 4) is 5.75 Å². The Morgan fingerprint density at radius 3 is 2.14 bits per heavy atom. The van der Waals surface area contributed by atoms with E-state index in [4.69, 9.17) is 33.7 Å². The number of piperidine rings is 1. The van der Waals surface area contributed by atoms with Gasteiger partial charge in [0.2, 0.25) is 0 Å². The Morgan fingerprint density at radius 2 is 1.60 bits per heavy atom. The quantitative estimate of drug-likeness (QED) is 0.0702. The first-order chi connectivity index (χ1) is 24.0. The molecule has 2 heterocycles. The summed E-state index contributed by atoms with van der Waals surface area (Å²) < 4.78 is 34.8. The second kappa shape index (κ2) is 17.8. The van der Waals surface area contributed by atoms with Crippen LogP contribution in [-0.2, 0) is 14.8 Å². The van der Waals surface area contributed by atoms with E-state index in [1.54, 1.807) is 42.5 Å². The predicted molar refractivity (Wildman–Crippen MR) is 190 cm³/mol. The zero-order valence-electron chi connectivity index (χ0n) is 27.0. The summed E-state index contributed by atoms with van der Waals surface area (Å²) in [6.07, 6.45) is 3.62. The number of aldehydes is 1. The van der Waals surface area contributed by atoms with Gasteiger partial charge in [-0.15, -0.1) is 0 Å². The molecule has 13 nitrogen and oxygen atoms in total. The van der Waals surface area contributed by atoms with Crippen molar-refractivity contribution in [2.45, 2.75) is 30.2 Å². The fraction of sp³-hybridized carbons (Fsp3) is 0.265. The van der Waals surface area contributed by atoms with Gasteiger partial charge in [0.25, 0.3) is 27.7 Å². The van der Waals surface area contributed by atoms with Crippen molar-refractivity contribution in [3.05, 3.63) is 105 Å². The lowest BCUT2D eigenvalue weighted by Gasteiger charge is -2.23. The highest BCUT2D eigenvalue weighted by atomic mass is 35.5. The van der Waals surface area contributed by atoms with Crippen LogP contribution in [-0.4, -0.2) is 82.9 Å². The van der Waals surface area contributed by atoms with Crippen LogP contribution >= 0.6 is 23.2 Å². The molecule has 50 heavy (non-hydrogen) atoms. The maximum atomic E-state index is 12.7. The van der Waals surface area contributed by atoms with Gasteiger partial charge in [0, 0.05) is 19.6 Å². The fourth-order valence-corrected chi connectivity index (χ4v) is 6.32. The van der Waals surface area contributed by atoms with Crippen molar-refractivity contribution in [1.29, 1.82) is 0 Å². The minimum atomic E-state index is -4.08. The van der Waals surface area contributed by atoms with Crippen LogP contribution in [0.4, 0.5) is 0 Å². The molecule has 0 atom stereocenters. The first-order valence-electron chi connectivity index (χ1n) is 15.5. The Balaban J connectivity index is 0.000000482. The van der Waals surface area contributed by atoms with Gasteiger partial charge < -0.3 is 26.4 Å². The number of allylic oxidation sites excluding steroid dienone is 1. The van der Waals surface area contributed by atoms with E-state index >= 15 is 0 Å². The van der Waals surface area contributed by atoms with Crippen molar-refractivity contribution in [3.63, 3.8) is 0 Å². The van der Waals surface area contributed by atoms with Crippen LogP contribution < -0.4 is 26.4 Å². The molecule has 1 saturated heterocycles. The van der Waals surface area contributed by atoms with Gasteiger partial charge in [0.05, 0.1) is 50.1 Å². The standard InChI is InChI=1S/C27H32N6O6S.C7H4Cl2O/c1-29-23(24(28)25(34)32-18-11-13-30-14-12-18)17-31-40(37,38)20-9-7-19(8-10-20)39-16-4-15-33-26(35)21-5-2-3-6-22(21)27(33)36;8-6-2-1-3-7(9)5(6)4-10/h2-3,5-10,17-18,29-30H,4,11-16,28H2,1H3,(H,32,34);1-4H/b24-23+,31-17+;. The molecule has 1 fully saturated rings. The van der Waals surface area contributed by atoms with Crippen LogP contribution in [0.3, 0.4) is 0 Å². The van der Waals surface area contributed by atoms with Crippen molar-refractivity contribution >= 4 is 63.4 Å². The number of hydrogen-bond acceptors (Lipinski definition) is 10. The molecule has 3 amide bonds. The Hall–Kier alpha value is -4.76. The van der Waals surface area contributed by atoms with Crippen molar-refractivity contribution in [2.75, 3.05) is 33.3 Å². The molecule has 0 saturated carbocycles. The third-order valence-corrected chi connectivity index (χ3v) is 9.62. The number of imide groups is 1. The maximum absolute atomic E-state index is 12.7. The van der Waals surface area contributed by atoms with Gasteiger partial charge in [0.15, 0.2) is 6.29 Å². The number of ether oxygens (including phenoxy) is 1. The number of hydrogen-bond donors (Lipinski definition) is 4. The molecule has 16 heteroatoms. The number of amides is 3. The van der Waals surface area contributed by atoms with E-state index < -0.39 is 15.9 Å². The highest BCUT2D eigenvalue weighted by Gasteiger charge is 2.34. The molecule has 5 N–H and O–H groups in total. The van der Waals surface area contributed by atoms with Crippen LogP contribution in [0, 0.1) is 0 Å². The largest absolute Gasteiger partial charge is 0.494 e. The van der Waals surface area contributed by atoms with Gasteiger partial charge in [-0.25, -0.2) is 0 Å². The number of nitrogens with two attached hydrogens (primary N) is 1. The van der Waals surface area contributed by atoms with Gasteiger partial charge in [-0.2, -0.15) is 12.8 Å². The first-order valence-corrected chi connectivity index (χ1v) is 17.7. The zero-order chi connectivity index (χ0) is 36.3. The summed E-state index contributed by atoms with van der Waals surface area (Å²) >= 11 is 11.2. The molecule has 0 radical (unpaired) electrons. The lowest BCUT2D eigenvalue weighted by atomic mass is 10.1. The number of carbonyl (C=O) groups is 4. The Labute approximate surface area is 299 Å². The van der Waals surface area contributed by atoms with Gasteiger partial charge >= 0.3 is 0 Å². The Bertz CT molecular complexity index is 1840. The lowest BCUT2D eigenvalue weighted by molar-refractivity contribution is -0.118. The van der Waals surface area contributed by atoms with E-state index in [1.807, 2.05) is 0 Å². The number of fused-ring (bicyclic) bond motifs is 1. The molecule has 0 aromatic heterocycles. The van der Waals surface area contributed by atoms with Crippen LogP contribution in [0.5, 0.6) is 5.75 Å². The minimum absolute atomic E-state index is 0.00542.